The van der Waals surface area contributed by atoms with E-state index < -0.39 is 25.3 Å². The van der Waals surface area contributed by atoms with Gasteiger partial charge in [-0.05, 0) is 42.0 Å². The monoisotopic (exact) mass is 624 g/mol. The maximum atomic E-state index is 13.9. The van der Waals surface area contributed by atoms with E-state index in [0.29, 0.717) is 11.1 Å². The molecule has 0 bridgehead atoms. The molecule has 6 heteroatoms. The van der Waals surface area contributed by atoms with Gasteiger partial charge < -0.3 is 26.5 Å². The minimum Gasteiger partial charge on any atom is -1.00 e. The van der Waals surface area contributed by atoms with E-state index in [2.05, 4.69) is 30.9 Å². The molecule has 206 valence electrons. The van der Waals surface area contributed by atoms with Crippen molar-refractivity contribution in [1.82, 2.24) is 0 Å². The number of esters is 2. The third-order valence-corrected chi connectivity index (χ3v) is 10.9. The summed E-state index contributed by atoms with van der Waals surface area (Å²) in [6.07, 6.45) is -1.21. The molecule has 0 heterocycles. The maximum Gasteiger partial charge on any atom is 0.352 e. The summed E-state index contributed by atoms with van der Waals surface area (Å²) in [7, 11) is -2.23. The third kappa shape index (κ3) is 6.82. The van der Waals surface area contributed by atoms with E-state index in [-0.39, 0.29) is 23.6 Å². The molecule has 41 heavy (non-hydrogen) atoms. The molecule has 0 radical (unpaired) electrons. The molecular weight excluding hydrogens is 595 g/mol. The molecule has 0 saturated heterocycles. The largest absolute Gasteiger partial charge is 1.00 e. The van der Waals surface area contributed by atoms with Gasteiger partial charge in [-0.25, -0.2) is 9.59 Å². The molecule has 0 spiro atoms. The summed E-state index contributed by atoms with van der Waals surface area (Å²) in [5.41, 5.74) is 1.84. The topological polar surface area (TPSA) is 52.6 Å². The van der Waals surface area contributed by atoms with Crippen molar-refractivity contribution in [3.05, 3.63) is 162 Å². The van der Waals surface area contributed by atoms with Crippen LogP contribution < -0.4 is 32.9 Å². The molecule has 0 aromatic heterocycles. The molecule has 1 atom stereocenters. The summed E-state index contributed by atoms with van der Waals surface area (Å²) >= 11 is 0. The van der Waals surface area contributed by atoms with Crippen molar-refractivity contribution in [2.24, 2.45) is 0 Å². The summed E-state index contributed by atoms with van der Waals surface area (Å²) in [5, 5.41) is 3.17. The first kappa shape index (κ1) is 29.9. The predicted molar refractivity (Wildman–Crippen MR) is 162 cm³/mol. The highest BCUT2D eigenvalue weighted by atomic mass is 79.9. The number of hydrogen-bond donors (Lipinski definition) is 0. The lowest BCUT2D eigenvalue weighted by molar-refractivity contribution is -0.155. The van der Waals surface area contributed by atoms with E-state index in [1.54, 1.807) is 18.2 Å². The van der Waals surface area contributed by atoms with Crippen molar-refractivity contribution >= 4 is 35.1 Å². The van der Waals surface area contributed by atoms with E-state index >= 15 is 0 Å². The average Bonchev–Trinajstić information content (AvgIpc) is 3.03. The Morgan fingerprint density at radius 2 is 1.10 bits per heavy atom. The molecule has 0 aliphatic heterocycles. The lowest BCUT2D eigenvalue weighted by atomic mass is 10.1. The van der Waals surface area contributed by atoms with Crippen molar-refractivity contribution in [3.8, 4) is 0 Å². The Morgan fingerprint density at radius 1 is 0.634 bits per heavy atom. The van der Waals surface area contributed by atoms with Crippen molar-refractivity contribution < 1.29 is 36.0 Å². The summed E-state index contributed by atoms with van der Waals surface area (Å²) in [4.78, 5) is 27.2. The van der Waals surface area contributed by atoms with Gasteiger partial charge in [-0.15, -0.1) is 0 Å². The molecule has 0 aliphatic rings. The maximum absolute atomic E-state index is 13.9. The Morgan fingerprint density at radius 3 is 1.66 bits per heavy atom. The number of halogens is 1. The number of benzene rings is 5. The quantitative estimate of drug-likeness (QED) is 0.187. The molecule has 0 N–H and O–H groups in total. The van der Waals surface area contributed by atoms with Gasteiger partial charge >= 0.3 is 11.9 Å². The number of ether oxygens (including phenoxy) is 2. The van der Waals surface area contributed by atoms with Crippen molar-refractivity contribution in [2.75, 3.05) is 6.66 Å². The van der Waals surface area contributed by atoms with Crippen LogP contribution >= 0.6 is 7.26 Å². The fraction of sp³-hybridized carbons (Fsp3) is 0.0857. The second-order valence-corrected chi connectivity index (χ2v) is 13.0. The van der Waals surface area contributed by atoms with Gasteiger partial charge in [0.15, 0.2) is 0 Å². The zero-order valence-electron chi connectivity index (χ0n) is 22.6. The molecule has 4 nitrogen and oxygen atoms in total. The molecule has 5 rings (SSSR count). The smallest absolute Gasteiger partial charge is 0.352 e. The Bertz CT molecular complexity index is 1520. The minimum atomic E-state index is -2.23. The molecular formula is C35H30BrO4P. The van der Waals surface area contributed by atoms with Gasteiger partial charge in [0.05, 0.1) is 6.66 Å². The van der Waals surface area contributed by atoms with Crippen LogP contribution in [0.4, 0.5) is 0 Å². The van der Waals surface area contributed by atoms with E-state index in [1.807, 2.05) is 103 Å². The molecule has 1 unspecified atom stereocenters. The first-order chi connectivity index (χ1) is 19.6. The first-order valence-electron chi connectivity index (χ1n) is 13.1. The highest BCUT2D eigenvalue weighted by molar-refractivity contribution is 7.95. The van der Waals surface area contributed by atoms with E-state index in [9.17, 15) is 9.59 Å². The van der Waals surface area contributed by atoms with Crippen LogP contribution in [0.5, 0.6) is 0 Å². The predicted octanol–water partition coefficient (Wildman–Crippen LogP) is 3.26. The second-order valence-electron chi connectivity index (χ2n) is 9.48. The zero-order chi connectivity index (χ0) is 27.8. The van der Waals surface area contributed by atoms with E-state index in [4.69, 9.17) is 9.47 Å². The Labute approximate surface area is 252 Å². The van der Waals surface area contributed by atoms with Gasteiger partial charge in [0.1, 0.15) is 35.3 Å². The molecule has 0 aliphatic carbocycles. The Balaban J connectivity index is 0.00000387. The number of carbonyl (C=O) groups is 2. The minimum absolute atomic E-state index is 0. The zero-order valence-corrected chi connectivity index (χ0v) is 25.1. The number of rotatable bonds is 9. The van der Waals surface area contributed by atoms with Crippen molar-refractivity contribution in [3.63, 3.8) is 0 Å². The fourth-order valence-corrected chi connectivity index (χ4v) is 8.19. The average molecular weight is 625 g/mol. The second kappa shape index (κ2) is 14.0. The SMILES string of the molecule is C[P+](c1ccccc1)(c1ccccc1)c1ccccc1C(=O)OC(C(=O)OCc1ccccc1)c1ccccc1.[Br-]. The van der Waals surface area contributed by atoms with Crippen LogP contribution in [0.15, 0.2) is 146 Å². The first-order valence-corrected chi connectivity index (χ1v) is 15.3. The molecule has 0 fully saturated rings. The molecule has 0 amide bonds. The summed E-state index contributed by atoms with van der Waals surface area (Å²) in [5.74, 6) is -1.19. The lowest BCUT2D eigenvalue weighted by Gasteiger charge is -2.25. The number of hydrogen-bond acceptors (Lipinski definition) is 4. The van der Waals surface area contributed by atoms with Crippen molar-refractivity contribution in [1.29, 1.82) is 0 Å². The Kier molecular flexibility index (Phi) is 10.2. The summed E-state index contributed by atoms with van der Waals surface area (Å²) in [6, 6.07) is 46.4. The van der Waals surface area contributed by atoms with Crippen LogP contribution in [0.1, 0.15) is 27.6 Å². The normalized spacial score (nSPS) is 11.5. The highest BCUT2D eigenvalue weighted by Gasteiger charge is 2.43. The van der Waals surface area contributed by atoms with Crippen LogP contribution in [0, 0.1) is 0 Å². The van der Waals surface area contributed by atoms with Gasteiger partial charge in [0.25, 0.3) is 0 Å². The number of carbonyl (C=O) groups excluding carboxylic acids is 2. The standard InChI is InChI=1S/C35H30O4P.BrH/c1-40(29-20-10-4-11-21-29,30-22-12-5-13-23-30)32-25-15-14-24-31(32)34(36)39-33(28-18-8-3-9-19-28)35(37)38-26-27-16-6-2-7-17-27;/h2-25,33H,26H2,1H3;1H/q+1;/p-1. The van der Waals surface area contributed by atoms with Gasteiger partial charge in [-0.2, -0.15) is 0 Å². The van der Waals surface area contributed by atoms with Gasteiger partial charge in [0, 0.05) is 5.56 Å². The van der Waals surface area contributed by atoms with Gasteiger partial charge in [-0.1, -0.05) is 109 Å². The fourth-order valence-electron chi connectivity index (χ4n) is 4.77. The Hall–Kier alpha value is -4.05. The summed E-state index contributed by atoms with van der Waals surface area (Å²) < 4.78 is 11.6. The van der Waals surface area contributed by atoms with Crippen LogP contribution in [-0.4, -0.2) is 18.6 Å². The molecule has 5 aromatic rings. The summed E-state index contributed by atoms with van der Waals surface area (Å²) in [6.45, 7) is 2.30. The molecule has 5 aromatic carbocycles. The van der Waals surface area contributed by atoms with E-state index in [0.717, 1.165) is 21.5 Å². The van der Waals surface area contributed by atoms with Crippen molar-refractivity contribution in [2.45, 2.75) is 12.7 Å². The van der Waals surface area contributed by atoms with E-state index in [1.165, 1.54) is 0 Å². The lowest BCUT2D eigenvalue weighted by Crippen LogP contribution is -3.00. The van der Waals surface area contributed by atoms with Crippen LogP contribution in [0.25, 0.3) is 0 Å². The van der Waals surface area contributed by atoms with Gasteiger partial charge in [0.2, 0.25) is 6.10 Å². The van der Waals surface area contributed by atoms with Crippen LogP contribution in [0.2, 0.25) is 0 Å². The highest BCUT2D eigenvalue weighted by Crippen LogP contribution is 2.52. The third-order valence-electron chi connectivity index (χ3n) is 6.92. The van der Waals surface area contributed by atoms with Crippen LogP contribution in [-0.2, 0) is 20.9 Å². The van der Waals surface area contributed by atoms with Crippen LogP contribution in [0.3, 0.4) is 0 Å². The van der Waals surface area contributed by atoms with Gasteiger partial charge in [-0.3, -0.25) is 0 Å². The molecule has 0 saturated carbocycles.